The van der Waals surface area contributed by atoms with Crippen LogP contribution < -0.4 is 0 Å². The summed E-state index contributed by atoms with van der Waals surface area (Å²) in [4.78, 5) is 16.8. The van der Waals surface area contributed by atoms with Crippen LogP contribution in [0.25, 0.3) is 0 Å². The van der Waals surface area contributed by atoms with Crippen molar-refractivity contribution >= 4 is 40.9 Å². The number of carbonyl (C=O) groups excluding carboxylic acids is 1. The van der Waals surface area contributed by atoms with E-state index in [1.165, 1.54) is 0 Å². The molecule has 0 radical (unpaired) electrons. The fourth-order valence-corrected chi connectivity index (χ4v) is 3.66. The minimum Gasteiger partial charge on any atom is -0.461 e. The van der Waals surface area contributed by atoms with Gasteiger partial charge in [0.15, 0.2) is 5.69 Å². The van der Waals surface area contributed by atoms with Crippen molar-refractivity contribution < 1.29 is 14.6 Å². The molecule has 1 N–H and O–H groups in total. The van der Waals surface area contributed by atoms with Gasteiger partial charge in [0.25, 0.3) is 0 Å². The van der Waals surface area contributed by atoms with Crippen molar-refractivity contribution in [2.75, 3.05) is 12.4 Å². The minimum absolute atomic E-state index is 0.189. The summed E-state index contributed by atoms with van der Waals surface area (Å²) in [5.74, 6) is 0.302. The van der Waals surface area contributed by atoms with Gasteiger partial charge < -0.3 is 14.4 Å². The van der Waals surface area contributed by atoms with Crippen molar-refractivity contribution in [3.8, 4) is 0 Å². The van der Waals surface area contributed by atoms with E-state index in [0.717, 1.165) is 10.6 Å². The van der Waals surface area contributed by atoms with Crippen molar-refractivity contribution in [2.45, 2.75) is 37.3 Å². The highest BCUT2D eigenvalue weighted by Crippen LogP contribution is 2.29. The van der Waals surface area contributed by atoms with Crippen molar-refractivity contribution in [1.82, 2.24) is 9.55 Å². The molecule has 8 heteroatoms. The van der Waals surface area contributed by atoms with E-state index < -0.39 is 12.1 Å². The first-order chi connectivity index (χ1) is 11.9. The Balaban J connectivity index is 1.99. The van der Waals surface area contributed by atoms with Gasteiger partial charge in [-0.1, -0.05) is 23.2 Å². The quantitative estimate of drug-likeness (QED) is 0.521. The average Bonchev–Trinajstić information content (AvgIpc) is 3.04. The van der Waals surface area contributed by atoms with Crippen LogP contribution in [0.1, 0.15) is 36.8 Å². The standard InChI is InChI=1S/C17H20Cl2N2O3S/c1-3-24-17(23)15-9-21(10-20-15)16(11(2)22)6-7-25-12-4-5-13(18)14(19)8-12/h4-5,8-11,16,22H,3,6-7H2,1-2H3/t11-,16+/m0/s1. The summed E-state index contributed by atoms with van der Waals surface area (Å²) in [6, 6.07) is 5.31. The summed E-state index contributed by atoms with van der Waals surface area (Å²) in [5.41, 5.74) is 0.240. The third kappa shape index (κ3) is 5.64. The second-order valence-electron chi connectivity index (χ2n) is 5.45. The maximum absolute atomic E-state index is 11.7. The zero-order valence-corrected chi connectivity index (χ0v) is 16.3. The zero-order valence-electron chi connectivity index (χ0n) is 14.0. The molecule has 0 bridgehead atoms. The summed E-state index contributed by atoms with van der Waals surface area (Å²) in [5, 5.41) is 11.1. The van der Waals surface area contributed by atoms with Gasteiger partial charge in [-0.25, -0.2) is 9.78 Å². The second-order valence-corrected chi connectivity index (χ2v) is 7.43. The summed E-state index contributed by atoms with van der Waals surface area (Å²) >= 11 is 13.6. The molecular weight excluding hydrogens is 383 g/mol. The molecule has 0 aliphatic carbocycles. The molecule has 2 atom stereocenters. The molecule has 25 heavy (non-hydrogen) atoms. The predicted molar refractivity (Wildman–Crippen MR) is 101 cm³/mol. The number of thioether (sulfide) groups is 1. The number of hydrogen-bond donors (Lipinski definition) is 1. The number of aromatic nitrogens is 2. The normalized spacial score (nSPS) is 13.5. The van der Waals surface area contributed by atoms with E-state index >= 15 is 0 Å². The molecule has 0 fully saturated rings. The first-order valence-corrected chi connectivity index (χ1v) is 9.63. The Kier molecular flexibility index (Phi) is 7.62. The third-order valence-corrected chi connectivity index (χ3v) is 5.37. The molecule has 0 spiro atoms. The van der Waals surface area contributed by atoms with Crippen LogP contribution in [0.15, 0.2) is 35.6 Å². The number of halogens is 2. The number of esters is 1. The van der Waals surface area contributed by atoms with Crippen LogP contribution in [-0.2, 0) is 4.74 Å². The average molecular weight is 403 g/mol. The molecule has 0 amide bonds. The lowest BCUT2D eigenvalue weighted by molar-refractivity contribution is 0.0519. The summed E-state index contributed by atoms with van der Waals surface area (Å²) in [7, 11) is 0. The van der Waals surface area contributed by atoms with E-state index in [2.05, 4.69) is 4.98 Å². The molecule has 136 valence electrons. The number of aliphatic hydroxyl groups excluding tert-OH is 1. The predicted octanol–water partition coefficient (Wildman–Crippen LogP) is 4.47. The topological polar surface area (TPSA) is 64.3 Å². The van der Waals surface area contributed by atoms with Gasteiger partial charge in [0.05, 0.1) is 35.1 Å². The maximum Gasteiger partial charge on any atom is 0.358 e. The van der Waals surface area contributed by atoms with Crippen molar-refractivity contribution in [3.05, 3.63) is 46.5 Å². The maximum atomic E-state index is 11.7. The van der Waals surface area contributed by atoms with Gasteiger partial charge in [0.2, 0.25) is 0 Å². The van der Waals surface area contributed by atoms with Crippen LogP contribution in [0.5, 0.6) is 0 Å². The van der Waals surface area contributed by atoms with Crippen LogP contribution in [-0.4, -0.2) is 39.1 Å². The van der Waals surface area contributed by atoms with Crippen molar-refractivity contribution in [3.63, 3.8) is 0 Å². The van der Waals surface area contributed by atoms with Gasteiger partial charge in [-0.15, -0.1) is 11.8 Å². The highest BCUT2D eigenvalue weighted by atomic mass is 35.5. The van der Waals surface area contributed by atoms with Crippen LogP contribution in [0.2, 0.25) is 10.0 Å². The molecule has 2 rings (SSSR count). The van der Waals surface area contributed by atoms with Crippen LogP contribution >= 0.6 is 35.0 Å². The highest BCUT2D eigenvalue weighted by molar-refractivity contribution is 7.99. The Morgan fingerprint density at radius 3 is 2.80 bits per heavy atom. The Morgan fingerprint density at radius 1 is 1.40 bits per heavy atom. The summed E-state index contributed by atoms with van der Waals surface area (Å²) in [6.07, 6.45) is 3.27. The van der Waals surface area contributed by atoms with Gasteiger partial charge in [0.1, 0.15) is 0 Å². The molecule has 0 saturated heterocycles. The lowest BCUT2D eigenvalue weighted by Gasteiger charge is -2.21. The number of ether oxygens (including phenoxy) is 1. The number of benzene rings is 1. The van der Waals surface area contributed by atoms with Crippen molar-refractivity contribution in [1.29, 1.82) is 0 Å². The molecule has 1 aromatic heterocycles. The van der Waals surface area contributed by atoms with E-state index in [-0.39, 0.29) is 11.7 Å². The second kappa shape index (κ2) is 9.48. The first kappa shape index (κ1) is 20.1. The molecule has 0 unspecified atom stereocenters. The Labute approximate surface area is 161 Å². The number of imidazole rings is 1. The summed E-state index contributed by atoms with van der Waals surface area (Å²) in [6.45, 7) is 3.76. The molecule has 0 aliphatic rings. The highest BCUT2D eigenvalue weighted by Gasteiger charge is 2.19. The largest absolute Gasteiger partial charge is 0.461 e. The lowest BCUT2D eigenvalue weighted by atomic mass is 10.1. The van der Waals surface area contributed by atoms with Gasteiger partial charge in [-0.3, -0.25) is 0 Å². The molecular formula is C17H20Cl2N2O3S. The molecule has 2 aromatic rings. The fourth-order valence-electron chi connectivity index (χ4n) is 2.33. The number of aliphatic hydroxyl groups is 1. The van der Waals surface area contributed by atoms with Crippen molar-refractivity contribution in [2.24, 2.45) is 0 Å². The van der Waals surface area contributed by atoms with Crippen LogP contribution in [0.4, 0.5) is 0 Å². The van der Waals surface area contributed by atoms with E-state index in [9.17, 15) is 9.90 Å². The minimum atomic E-state index is -0.585. The lowest BCUT2D eigenvalue weighted by Crippen LogP contribution is -2.21. The Bertz CT molecular complexity index is 722. The Hall–Kier alpha value is -1.21. The summed E-state index contributed by atoms with van der Waals surface area (Å²) < 4.78 is 6.69. The smallest absolute Gasteiger partial charge is 0.358 e. The van der Waals surface area contributed by atoms with Gasteiger partial charge >= 0.3 is 5.97 Å². The SMILES string of the molecule is CCOC(=O)c1cn([C@H](CCSc2ccc(Cl)c(Cl)c2)[C@H](C)O)cn1. The van der Waals surface area contributed by atoms with Gasteiger partial charge in [-0.05, 0) is 38.5 Å². The van der Waals surface area contributed by atoms with E-state index in [0.29, 0.717) is 23.1 Å². The molecule has 1 heterocycles. The number of rotatable bonds is 8. The van der Waals surface area contributed by atoms with E-state index in [4.69, 9.17) is 27.9 Å². The molecule has 1 aromatic carbocycles. The zero-order chi connectivity index (χ0) is 18.4. The van der Waals surface area contributed by atoms with E-state index in [1.54, 1.807) is 48.8 Å². The van der Waals surface area contributed by atoms with Gasteiger partial charge in [0, 0.05) is 16.8 Å². The van der Waals surface area contributed by atoms with Crippen LogP contribution in [0.3, 0.4) is 0 Å². The fraction of sp³-hybridized carbons (Fsp3) is 0.412. The number of hydrogen-bond acceptors (Lipinski definition) is 5. The molecule has 0 saturated carbocycles. The van der Waals surface area contributed by atoms with Crippen LogP contribution in [0, 0.1) is 0 Å². The Morgan fingerprint density at radius 2 is 2.16 bits per heavy atom. The van der Waals surface area contributed by atoms with Gasteiger partial charge in [-0.2, -0.15) is 0 Å². The molecule has 5 nitrogen and oxygen atoms in total. The third-order valence-electron chi connectivity index (χ3n) is 3.60. The number of carbonyl (C=O) groups is 1. The molecule has 0 aliphatic heterocycles. The van der Waals surface area contributed by atoms with E-state index in [1.807, 2.05) is 12.1 Å². The monoisotopic (exact) mass is 402 g/mol. The first-order valence-electron chi connectivity index (χ1n) is 7.89. The number of nitrogens with zero attached hydrogens (tertiary/aromatic N) is 2.